The molecule has 0 aliphatic carbocycles. The Labute approximate surface area is 82.8 Å². The Bertz CT molecular complexity index is 429. The van der Waals surface area contributed by atoms with Gasteiger partial charge < -0.3 is 9.52 Å². The van der Waals surface area contributed by atoms with E-state index in [2.05, 4.69) is 0 Å². The van der Waals surface area contributed by atoms with Crippen LogP contribution < -0.4 is 0 Å². The Morgan fingerprint density at radius 1 is 1.14 bits per heavy atom. The topological polar surface area (TPSA) is 33.4 Å². The first-order chi connectivity index (χ1) is 6.81. The number of aliphatic hydroxyl groups is 1. The predicted octanol–water partition coefficient (Wildman–Crippen LogP) is 2.75. The van der Waals surface area contributed by atoms with E-state index >= 15 is 0 Å². The van der Waals surface area contributed by atoms with Crippen molar-refractivity contribution in [3.05, 3.63) is 47.7 Å². The number of furan rings is 1. The molecule has 0 saturated carbocycles. The average Bonchev–Trinajstić information content (AvgIpc) is 2.65. The van der Waals surface area contributed by atoms with Gasteiger partial charge in [0.25, 0.3) is 0 Å². The first kappa shape index (κ1) is 9.03. The van der Waals surface area contributed by atoms with Crippen molar-refractivity contribution >= 4 is 0 Å². The largest absolute Gasteiger partial charge is 0.461 e. The van der Waals surface area contributed by atoms with Crippen LogP contribution in [0.4, 0.5) is 0 Å². The molecule has 2 heteroatoms. The van der Waals surface area contributed by atoms with Gasteiger partial charge in [0, 0.05) is 5.56 Å². The van der Waals surface area contributed by atoms with Gasteiger partial charge in [0.15, 0.2) is 0 Å². The van der Waals surface area contributed by atoms with E-state index in [0.717, 1.165) is 22.6 Å². The van der Waals surface area contributed by atoms with Crippen LogP contribution in [0.15, 0.2) is 40.8 Å². The second-order valence-corrected chi connectivity index (χ2v) is 3.23. The quantitative estimate of drug-likeness (QED) is 0.786. The van der Waals surface area contributed by atoms with Crippen molar-refractivity contribution in [1.82, 2.24) is 0 Å². The van der Waals surface area contributed by atoms with E-state index in [1.165, 1.54) is 0 Å². The molecule has 14 heavy (non-hydrogen) atoms. The molecule has 72 valence electrons. The molecule has 1 aromatic heterocycles. The number of benzene rings is 1. The maximum Gasteiger partial charge on any atom is 0.134 e. The van der Waals surface area contributed by atoms with Gasteiger partial charge in [-0.15, -0.1) is 0 Å². The molecule has 0 aliphatic rings. The molecule has 0 aliphatic heterocycles. The highest BCUT2D eigenvalue weighted by molar-refractivity contribution is 5.62. The number of hydrogen-bond acceptors (Lipinski definition) is 2. The molecule has 1 N–H and O–H groups in total. The van der Waals surface area contributed by atoms with Crippen LogP contribution in [0.5, 0.6) is 0 Å². The van der Waals surface area contributed by atoms with Crippen LogP contribution in [0.2, 0.25) is 0 Å². The molecule has 0 unspecified atom stereocenters. The molecule has 2 nitrogen and oxygen atoms in total. The molecular formula is C12H12O2. The SMILES string of the molecule is Cc1ccc(-c2ccccc2CO)o1. The first-order valence-corrected chi connectivity index (χ1v) is 4.57. The minimum Gasteiger partial charge on any atom is -0.461 e. The molecule has 0 fully saturated rings. The van der Waals surface area contributed by atoms with Crippen LogP contribution in [0.25, 0.3) is 11.3 Å². The van der Waals surface area contributed by atoms with Crippen LogP contribution in [0.3, 0.4) is 0 Å². The molecule has 0 radical (unpaired) electrons. The van der Waals surface area contributed by atoms with Gasteiger partial charge in [-0.25, -0.2) is 0 Å². The lowest BCUT2D eigenvalue weighted by atomic mass is 10.1. The van der Waals surface area contributed by atoms with E-state index in [0.29, 0.717) is 0 Å². The minimum absolute atomic E-state index is 0.0376. The normalized spacial score (nSPS) is 10.4. The molecule has 0 atom stereocenters. The second kappa shape index (κ2) is 3.68. The lowest BCUT2D eigenvalue weighted by molar-refractivity contribution is 0.282. The minimum atomic E-state index is 0.0376. The monoisotopic (exact) mass is 188 g/mol. The van der Waals surface area contributed by atoms with Crippen LogP contribution in [-0.2, 0) is 6.61 Å². The Kier molecular flexibility index (Phi) is 2.37. The van der Waals surface area contributed by atoms with Crippen molar-refractivity contribution in [3.63, 3.8) is 0 Å². The summed E-state index contributed by atoms with van der Waals surface area (Å²) in [7, 11) is 0. The number of hydrogen-bond donors (Lipinski definition) is 1. The van der Waals surface area contributed by atoms with Crippen molar-refractivity contribution in [2.45, 2.75) is 13.5 Å². The van der Waals surface area contributed by atoms with Crippen LogP contribution in [0, 0.1) is 6.92 Å². The molecule has 0 spiro atoms. The van der Waals surface area contributed by atoms with E-state index < -0.39 is 0 Å². The summed E-state index contributed by atoms with van der Waals surface area (Å²) in [6, 6.07) is 11.5. The smallest absolute Gasteiger partial charge is 0.134 e. The highest BCUT2D eigenvalue weighted by Crippen LogP contribution is 2.25. The standard InChI is InChI=1S/C12H12O2/c1-9-6-7-12(14-9)11-5-3-2-4-10(11)8-13/h2-7,13H,8H2,1H3. The number of rotatable bonds is 2. The van der Waals surface area contributed by atoms with Gasteiger partial charge in [-0.2, -0.15) is 0 Å². The Morgan fingerprint density at radius 2 is 1.93 bits per heavy atom. The number of aliphatic hydroxyl groups excluding tert-OH is 1. The summed E-state index contributed by atoms with van der Waals surface area (Å²) in [6.07, 6.45) is 0. The van der Waals surface area contributed by atoms with Crippen molar-refractivity contribution in [3.8, 4) is 11.3 Å². The van der Waals surface area contributed by atoms with E-state index in [1.807, 2.05) is 43.3 Å². The molecular weight excluding hydrogens is 176 g/mol. The van der Waals surface area contributed by atoms with E-state index in [1.54, 1.807) is 0 Å². The lowest BCUT2D eigenvalue weighted by Gasteiger charge is -2.03. The van der Waals surface area contributed by atoms with Gasteiger partial charge in [-0.1, -0.05) is 24.3 Å². The Hall–Kier alpha value is -1.54. The molecule has 0 saturated heterocycles. The summed E-state index contributed by atoms with van der Waals surface area (Å²) < 4.78 is 5.50. The fourth-order valence-corrected chi connectivity index (χ4v) is 1.48. The van der Waals surface area contributed by atoms with Gasteiger partial charge in [-0.3, -0.25) is 0 Å². The summed E-state index contributed by atoms with van der Waals surface area (Å²) in [4.78, 5) is 0. The zero-order chi connectivity index (χ0) is 9.97. The molecule has 0 amide bonds. The first-order valence-electron chi connectivity index (χ1n) is 4.57. The molecule has 1 heterocycles. The van der Waals surface area contributed by atoms with Gasteiger partial charge in [0.1, 0.15) is 11.5 Å². The van der Waals surface area contributed by atoms with E-state index in [-0.39, 0.29) is 6.61 Å². The van der Waals surface area contributed by atoms with Crippen molar-refractivity contribution in [2.24, 2.45) is 0 Å². The summed E-state index contributed by atoms with van der Waals surface area (Å²) in [5.74, 6) is 1.69. The summed E-state index contributed by atoms with van der Waals surface area (Å²) in [5, 5.41) is 9.14. The zero-order valence-electron chi connectivity index (χ0n) is 8.03. The third kappa shape index (κ3) is 1.56. The van der Waals surface area contributed by atoms with Crippen molar-refractivity contribution in [2.75, 3.05) is 0 Å². The molecule has 2 aromatic rings. The molecule has 2 rings (SSSR count). The molecule has 1 aromatic carbocycles. The second-order valence-electron chi connectivity index (χ2n) is 3.23. The third-order valence-electron chi connectivity index (χ3n) is 2.19. The highest BCUT2D eigenvalue weighted by Gasteiger charge is 2.06. The lowest BCUT2D eigenvalue weighted by Crippen LogP contribution is -1.86. The average molecular weight is 188 g/mol. The number of aryl methyl sites for hydroxylation is 1. The maximum atomic E-state index is 9.14. The van der Waals surface area contributed by atoms with Gasteiger partial charge in [0.05, 0.1) is 6.61 Å². The van der Waals surface area contributed by atoms with Crippen LogP contribution >= 0.6 is 0 Å². The summed E-state index contributed by atoms with van der Waals surface area (Å²) in [5.41, 5.74) is 1.85. The van der Waals surface area contributed by atoms with E-state index in [9.17, 15) is 0 Å². The fraction of sp³-hybridized carbons (Fsp3) is 0.167. The van der Waals surface area contributed by atoms with Gasteiger partial charge >= 0.3 is 0 Å². The van der Waals surface area contributed by atoms with Crippen molar-refractivity contribution in [1.29, 1.82) is 0 Å². The Morgan fingerprint density at radius 3 is 2.57 bits per heavy atom. The summed E-state index contributed by atoms with van der Waals surface area (Å²) in [6.45, 7) is 1.95. The van der Waals surface area contributed by atoms with Gasteiger partial charge in [-0.05, 0) is 24.6 Å². The maximum absolute atomic E-state index is 9.14. The van der Waals surface area contributed by atoms with E-state index in [4.69, 9.17) is 9.52 Å². The van der Waals surface area contributed by atoms with Gasteiger partial charge in [0.2, 0.25) is 0 Å². The van der Waals surface area contributed by atoms with Crippen LogP contribution in [-0.4, -0.2) is 5.11 Å². The third-order valence-corrected chi connectivity index (χ3v) is 2.19. The van der Waals surface area contributed by atoms with Crippen LogP contribution in [0.1, 0.15) is 11.3 Å². The summed E-state index contributed by atoms with van der Waals surface area (Å²) >= 11 is 0. The molecule has 0 bridgehead atoms. The predicted molar refractivity (Wildman–Crippen MR) is 54.8 cm³/mol. The van der Waals surface area contributed by atoms with Crippen molar-refractivity contribution < 1.29 is 9.52 Å². The zero-order valence-corrected chi connectivity index (χ0v) is 8.03. The fourth-order valence-electron chi connectivity index (χ4n) is 1.48. The Balaban J connectivity index is 2.50. The highest BCUT2D eigenvalue weighted by atomic mass is 16.3.